The molecule has 2 amide bonds. The fourth-order valence-corrected chi connectivity index (χ4v) is 2.29. The van der Waals surface area contributed by atoms with Gasteiger partial charge in [0.15, 0.2) is 11.5 Å². The summed E-state index contributed by atoms with van der Waals surface area (Å²) in [5.41, 5.74) is 4.66. The molecule has 0 saturated heterocycles. The largest absolute Gasteiger partial charge is 0.493 e. The van der Waals surface area contributed by atoms with Crippen LogP contribution in [0.2, 0.25) is 0 Å². The van der Waals surface area contributed by atoms with Crippen LogP contribution in [0, 0.1) is 6.92 Å². The van der Waals surface area contributed by atoms with Crippen LogP contribution in [-0.4, -0.2) is 31.7 Å². The first-order valence-electron chi connectivity index (χ1n) is 8.62. The van der Waals surface area contributed by atoms with Gasteiger partial charge in [-0.2, -0.15) is 5.10 Å². The molecule has 0 heterocycles. The van der Waals surface area contributed by atoms with Crippen molar-refractivity contribution in [2.45, 2.75) is 13.3 Å². The molecule has 28 heavy (non-hydrogen) atoms. The third-order valence-electron chi connectivity index (χ3n) is 3.62. The second-order valence-electron chi connectivity index (χ2n) is 5.86. The van der Waals surface area contributed by atoms with Gasteiger partial charge in [-0.15, -0.1) is 0 Å². The van der Waals surface area contributed by atoms with E-state index in [1.807, 2.05) is 19.1 Å². The van der Waals surface area contributed by atoms with E-state index in [0.29, 0.717) is 29.4 Å². The zero-order valence-corrected chi connectivity index (χ0v) is 15.9. The molecule has 2 N–H and O–H groups in total. The van der Waals surface area contributed by atoms with E-state index in [2.05, 4.69) is 22.4 Å². The summed E-state index contributed by atoms with van der Waals surface area (Å²) >= 11 is 0. The second-order valence-corrected chi connectivity index (χ2v) is 5.86. The molecule has 0 unspecified atom stereocenters. The van der Waals surface area contributed by atoms with Gasteiger partial charge in [0, 0.05) is 11.3 Å². The maximum atomic E-state index is 11.9. The average molecular weight is 381 g/mol. The monoisotopic (exact) mass is 381 g/mol. The van der Waals surface area contributed by atoms with E-state index in [0.717, 1.165) is 5.56 Å². The number of benzene rings is 2. The number of rotatable bonds is 9. The highest BCUT2D eigenvalue weighted by atomic mass is 16.5. The Morgan fingerprint density at radius 2 is 1.89 bits per heavy atom. The van der Waals surface area contributed by atoms with Gasteiger partial charge < -0.3 is 14.8 Å². The molecule has 2 aromatic rings. The lowest BCUT2D eigenvalue weighted by Crippen LogP contribution is -2.24. The van der Waals surface area contributed by atoms with Gasteiger partial charge in [0.05, 0.1) is 13.3 Å². The lowest BCUT2D eigenvalue weighted by atomic mass is 10.2. The minimum Gasteiger partial charge on any atom is -0.493 e. The van der Waals surface area contributed by atoms with Gasteiger partial charge in [0.1, 0.15) is 13.0 Å². The maximum absolute atomic E-state index is 11.9. The van der Waals surface area contributed by atoms with Gasteiger partial charge in [-0.25, -0.2) is 5.43 Å². The minimum absolute atomic E-state index is 0.298. The molecule has 0 radical (unpaired) electrons. The van der Waals surface area contributed by atoms with Crippen LogP contribution >= 0.6 is 0 Å². The van der Waals surface area contributed by atoms with Crippen molar-refractivity contribution in [1.82, 2.24) is 5.43 Å². The number of ether oxygens (including phenoxy) is 2. The third kappa shape index (κ3) is 6.28. The Hall–Kier alpha value is -3.61. The molecule has 0 bridgehead atoms. The number of methoxy groups -OCH3 is 1. The fraction of sp³-hybridized carbons (Fsp3) is 0.190. The molecule has 7 nitrogen and oxygen atoms in total. The molecule has 0 fully saturated rings. The Morgan fingerprint density at radius 1 is 1.14 bits per heavy atom. The van der Waals surface area contributed by atoms with Crippen LogP contribution in [0.3, 0.4) is 0 Å². The van der Waals surface area contributed by atoms with Crippen molar-refractivity contribution in [3.63, 3.8) is 0 Å². The van der Waals surface area contributed by atoms with Crippen molar-refractivity contribution in [3.8, 4) is 11.5 Å². The van der Waals surface area contributed by atoms with Crippen LogP contribution in [0.5, 0.6) is 11.5 Å². The number of carbonyl (C=O) groups is 2. The van der Waals surface area contributed by atoms with E-state index < -0.39 is 11.8 Å². The molecule has 0 aliphatic rings. The SMILES string of the molecule is C=CCOc1c(C=NNC(=O)CC(=O)Nc2ccc(C)cc2)cccc1OC. The van der Waals surface area contributed by atoms with Gasteiger partial charge in [-0.1, -0.05) is 36.4 Å². The average Bonchev–Trinajstić information content (AvgIpc) is 2.68. The number of hydrogen-bond acceptors (Lipinski definition) is 5. The fourth-order valence-electron chi connectivity index (χ4n) is 2.29. The van der Waals surface area contributed by atoms with Gasteiger partial charge in [-0.3, -0.25) is 9.59 Å². The minimum atomic E-state index is -0.530. The van der Waals surface area contributed by atoms with Crippen LogP contribution in [0.4, 0.5) is 5.69 Å². The van der Waals surface area contributed by atoms with Crippen molar-refractivity contribution >= 4 is 23.7 Å². The molecule has 2 aromatic carbocycles. The number of amides is 2. The summed E-state index contributed by atoms with van der Waals surface area (Å²) in [5.74, 6) is 0.0693. The van der Waals surface area contributed by atoms with E-state index in [4.69, 9.17) is 9.47 Å². The summed E-state index contributed by atoms with van der Waals surface area (Å²) in [5, 5.41) is 6.55. The lowest BCUT2D eigenvalue weighted by Gasteiger charge is -2.11. The molecule has 0 spiro atoms. The standard InChI is InChI=1S/C21H23N3O4/c1-4-12-28-21-16(6-5-7-18(21)27-3)14-22-24-20(26)13-19(25)23-17-10-8-15(2)9-11-17/h4-11,14H,1,12-13H2,2-3H3,(H,23,25)(H,24,26). The molecule has 0 saturated carbocycles. The number of anilines is 1. The van der Waals surface area contributed by atoms with Crippen LogP contribution < -0.4 is 20.2 Å². The molecule has 0 aliphatic heterocycles. The highest BCUT2D eigenvalue weighted by Crippen LogP contribution is 2.30. The Labute approximate surface area is 164 Å². The molecule has 7 heteroatoms. The maximum Gasteiger partial charge on any atom is 0.249 e. The Kier molecular flexibility index (Phi) is 7.77. The van der Waals surface area contributed by atoms with E-state index in [1.54, 1.807) is 36.4 Å². The highest BCUT2D eigenvalue weighted by molar-refractivity contribution is 6.03. The zero-order valence-electron chi connectivity index (χ0n) is 15.9. The van der Waals surface area contributed by atoms with E-state index in [9.17, 15) is 9.59 Å². The third-order valence-corrected chi connectivity index (χ3v) is 3.62. The molecular weight excluding hydrogens is 358 g/mol. The summed E-state index contributed by atoms with van der Waals surface area (Å²) in [4.78, 5) is 23.8. The first-order valence-corrected chi connectivity index (χ1v) is 8.62. The predicted octanol–water partition coefficient (Wildman–Crippen LogP) is 3.05. The lowest BCUT2D eigenvalue weighted by molar-refractivity contribution is -0.126. The topological polar surface area (TPSA) is 89.0 Å². The summed E-state index contributed by atoms with van der Waals surface area (Å²) in [6, 6.07) is 12.6. The Morgan fingerprint density at radius 3 is 2.57 bits per heavy atom. The van der Waals surface area contributed by atoms with Gasteiger partial charge in [-0.05, 0) is 31.2 Å². The van der Waals surface area contributed by atoms with Gasteiger partial charge in [0.2, 0.25) is 11.8 Å². The van der Waals surface area contributed by atoms with Crippen molar-refractivity contribution in [1.29, 1.82) is 0 Å². The predicted molar refractivity (Wildman–Crippen MR) is 109 cm³/mol. The van der Waals surface area contributed by atoms with Crippen LogP contribution in [0.15, 0.2) is 60.2 Å². The highest BCUT2D eigenvalue weighted by Gasteiger charge is 2.10. The van der Waals surface area contributed by atoms with E-state index in [1.165, 1.54) is 13.3 Å². The summed E-state index contributed by atoms with van der Waals surface area (Å²) < 4.78 is 10.9. The quantitative estimate of drug-likeness (QED) is 0.302. The molecular formula is C21H23N3O4. The van der Waals surface area contributed by atoms with Crippen molar-refractivity contribution in [3.05, 3.63) is 66.2 Å². The molecule has 0 aliphatic carbocycles. The number of carbonyl (C=O) groups excluding carboxylic acids is 2. The summed E-state index contributed by atoms with van der Waals surface area (Å²) in [6.45, 7) is 5.86. The van der Waals surface area contributed by atoms with Gasteiger partial charge >= 0.3 is 0 Å². The zero-order chi connectivity index (χ0) is 20.4. The molecule has 0 atom stereocenters. The molecule has 0 aromatic heterocycles. The molecule has 2 rings (SSSR count). The first kappa shape index (κ1) is 20.7. The smallest absolute Gasteiger partial charge is 0.249 e. The number of hydrogen-bond donors (Lipinski definition) is 2. The van der Waals surface area contributed by atoms with Crippen molar-refractivity contribution in [2.24, 2.45) is 5.10 Å². The van der Waals surface area contributed by atoms with Crippen LogP contribution in [-0.2, 0) is 9.59 Å². The number of hydrazone groups is 1. The number of aryl methyl sites for hydroxylation is 1. The van der Waals surface area contributed by atoms with E-state index >= 15 is 0 Å². The second kappa shape index (κ2) is 10.5. The summed E-state index contributed by atoms with van der Waals surface area (Å²) in [6.07, 6.45) is 2.70. The van der Waals surface area contributed by atoms with E-state index in [-0.39, 0.29) is 6.42 Å². The van der Waals surface area contributed by atoms with Crippen LogP contribution in [0.25, 0.3) is 0 Å². The Balaban J connectivity index is 1.93. The van der Waals surface area contributed by atoms with Crippen molar-refractivity contribution < 1.29 is 19.1 Å². The normalized spacial score (nSPS) is 10.4. The number of para-hydroxylation sites is 1. The summed E-state index contributed by atoms with van der Waals surface area (Å²) in [7, 11) is 1.53. The van der Waals surface area contributed by atoms with Crippen LogP contribution in [0.1, 0.15) is 17.5 Å². The van der Waals surface area contributed by atoms with Crippen molar-refractivity contribution in [2.75, 3.05) is 19.0 Å². The number of nitrogens with zero attached hydrogens (tertiary/aromatic N) is 1. The first-order chi connectivity index (χ1) is 13.5. The Bertz CT molecular complexity index is 860. The molecule has 146 valence electrons. The van der Waals surface area contributed by atoms with Gasteiger partial charge in [0.25, 0.3) is 0 Å². The number of nitrogens with one attached hydrogen (secondary N) is 2.